The van der Waals surface area contributed by atoms with Gasteiger partial charge in [0.1, 0.15) is 5.60 Å². The first-order valence-electron chi connectivity index (χ1n) is 8.79. The Morgan fingerprint density at radius 3 is 2.65 bits per heavy atom. The van der Waals surface area contributed by atoms with E-state index in [9.17, 15) is 14.4 Å². The first kappa shape index (κ1) is 19.9. The van der Waals surface area contributed by atoms with Crippen molar-refractivity contribution in [3.63, 3.8) is 0 Å². The largest absolute Gasteiger partial charge is 0.469 e. The zero-order chi connectivity index (χ0) is 19.5. The Morgan fingerprint density at radius 1 is 1.38 bits per heavy atom. The molecular weight excluding hydrogens is 334 g/mol. The summed E-state index contributed by atoms with van der Waals surface area (Å²) in [4.78, 5) is 37.1. The number of hydrogen-bond acceptors (Lipinski definition) is 5. The van der Waals surface area contributed by atoms with Gasteiger partial charge >= 0.3 is 12.1 Å². The topological polar surface area (TPSA) is 74.6 Å². The fraction of sp³-hybridized carbons (Fsp3) is 0.550. The maximum absolute atomic E-state index is 13.2. The summed E-state index contributed by atoms with van der Waals surface area (Å²) in [7, 11) is 1.34. The van der Waals surface area contributed by atoms with Crippen LogP contribution < -0.4 is 0 Å². The molecule has 6 heteroatoms. The third-order valence-electron chi connectivity index (χ3n) is 4.72. The fourth-order valence-corrected chi connectivity index (χ4v) is 3.42. The molecule has 0 saturated carbocycles. The number of fused-ring (bicyclic) bond motifs is 1. The second kappa shape index (κ2) is 7.48. The number of hydrogen-bond donors (Lipinski definition) is 0. The molecule has 0 radical (unpaired) electrons. The summed E-state index contributed by atoms with van der Waals surface area (Å²) in [6, 6.07) is 1.66. The molecule has 6 nitrogen and oxygen atoms in total. The van der Waals surface area contributed by atoms with E-state index >= 15 is 0 Å². The molecule has 142 valence electrons. The zero-order valence-corrected chi connectivity index (χ0v) is 16.0. The zero-order valence-electron chi connectivity index (χ0n) is 16.0. The van der Waals surface area contributed by atoms with Crippen molar-refractivity contribution in [2.24, 2.45) is 5.41 Å². The van der Waals surface area contributed by atoms with Gasteiger partial charge in [0.2, 0.25) is 0 Å². The van der Waals surface area contributed by atoms with E-state index in [1.54, 1.807) is 39.1 Å². The number of carbonyl (C=O) groups is 3. The maximum atomic E-state index is 13.2. The van der Waals surface area contributed by atoms with Crippen LogP contribution in [-0.4, -0.2) is 35.1 Å². The van der Waals surface area contributed by atoms with Crippen molar-refractivity contribution in [2.75, 3.05) is 7.11 Å². The summed E-state index contributed by atoms with van der Waals surface area (Å²) >= 11 is 0. The van der Waals surface area contributed by atoms with Gasteiger partial charge in [-0.2, -0.15) is 0 Å². The van der Waals surface area contributed by atoms with Gasteiger partial charge in [0, 0.05) is 29.3 Å². The number of ketones is 1. The summed E-state index contributed by atoms with van der Waals surface area (Å²) in [5, 5.41) is 0. The Hall–Kier alpha value is -2.37. The number of esters is 1. The first-order chi connectivity index (χ1) is 12.1. The molecule has 0 aliphatic heterocycles. The molecule has 2 rings (SSSR count). The Morgan fingerprint density at radius 2 is 2.08 bits per heavy atom. The number of allylic oxidation sites excluding steroid dienone is 1. The average Bonchev–Trinajstić information content (AvgIpc) is 2.99. The van der Waals surface area contributed by atoms with E-state index in [4.69, 9.17) is 9.47 Å². The van der Waals surface area contributed by atoms with Crippen LogP contribution in [0.2, 0.25) is 0 Å². The van der Waals surface area contributed by atoms with Gasteiger partial charge in [0.25, 0.3) is 0 Å². The van der Waals surface area contributed by atoms with E-state index in [-0.39, 0.29) is 18.2 Å². The molecule has 26 heavy (non-hydrogen) atoms. The molecule has 0 saturated heterocycles. The quantitative estimate of drug-likeness (QED) is 0.587. The van der Waals surface area contributed by atoms with Gasteiger partial charge in [-0.1, -0.05) is 6.08 Å². The molecule has 1 unspecified atom stereocenters. The Kier molecular flexibility index (Phi) is 5.74. The van der Waals surface area contributed by atoms with E-state index in [1.165, 1.54) is 11.7 Å². The van der Waals surface area contributed by atoms with Crippen molar-refractivity contribution < 1.29 is 23.9 Å². The number of nitrogens with zero attached hydrogens (tertiary/aromatic N) is 1. The molecule has 1 aliphatic carbocycles. The van der Waals surface area contributed by atoms with Crippen LogP contribution in [0.1, 0.15) is 62.5 Å². The Bertz CT molecular complexity index is 725. The van der Waals surface area contributed by atoms with E-state index in [0.717, 1.165) is 0 Å². The van der Waals surface area contributed by atoms with E-state index in [2.05, 4.69) is 6.58 Å². The lowest BCUT2D eigenvalue weighted by Crippen LogP contribution is -2.37. The highest BCUT2D eigenvalue weighted by molar-refractivity contribution is 6.03. The SMILES string of the molecule is C=CCC1(CCC(=O)OC)CCc2c(ccn2C(=O)OC(C)(C)C)C1=O. The van der Waals surface area contributed by atoms with Crippen molar-refractivity contribution in [3.8, 4) is 0 Å². The van der Waals surface area contributed by atoms with Crippen LogP contribution in [0.3, 0.4) is 0 Å². The van der Waals surface area contributed by atoms with Crippen LogP contribution >= 0.6 is 0 Å². The summed E-state index contributed by atoms with van der Waals surface area (Å²) in [5.41, 5.74) is -0.0980. The number of Topliss-reactive ketones (excluding diaryl/α,β-unsaturated/α-hetero) is 1. The van der Waals surface area contributed by atoms with Crippen molar-refractivity contribution in [2.45, 2.75) is 58.5 Å². The third kappa shape index (κ3) is 4.06. The van der Waals surface area contributed by atoms with Crippen molar-refractivity contribution >= 4 is 17.8 Å². The van der Waals surface area contributed by atoms with Crippen molar-refractivity contribution in [3.05, 3.63) is 36.2 Å². The number of carbonyl (C=O) groups excluding carboxylic acids is 3. The van der Waals surface area contributed by atoms with Crippen molar-refractivity contribution in [1.82, 2.24) is 4.57 Å². The normalized spacial score (nSPS) is 19.6. The second-order valence-electron chi connectivity index (χ2n) is 7.70. The lowest BCUT2D eigenvalue weighted by molar-refractivity contribution is -0.141. The van der Waals surface area contributed by atoms with Gasteiger partial charge in [-0.3, -0.25) is 14.2 Å². The van der Waals surface area contributed by atoms with Crippen LogP contribution in [-0.2, 0) is 20.7 Å². The Labute approximate surface area is 154 Å². The van der Waals surface area contributed by atoms with E-state index in [1.807, 2.05) is 0 Å². The van der Waals surface area contributed by atoms with E-state index in [0.29, 0.717) is 36.9 Å². The molecule has 1 aromatic heterocycles. The summed E-state index contributed by atoms with van der Waals surface area (Å²) in [6.45, 7) is 9.16. The summed E-state index contributed by atoms with van der Waals surface area (Å²) < 4.78 is 11.5. The van der Waals surface area contributed by atoms with Gasteiger partial charge in [0.15, 0.2) is 5.78 Å². The molecule has 0 fully saturated rings. The van der Waals surface area contributed by atoms with Crippen LogP contribution in [0, 0.1) is 5.41 Å². The van der Waals surface area contributed by atoms with Crippen LogP contribution in [0.4, 0.5) is 4.79 Å². The highest BCUT2D eigenvalue weighted by Crippen LogP contribution is 2.42. The predicted molar refractivity (Wildman–Crippen MR) is 97.2 cm³/mol. The molecule has 1 aliphatic rings. The monoisotopic (exact) mass is 361 g/mol. The molecule has 1 heterocycles. The molecule has 0 N–H and O–H groups in total. The molecule has 0 bridgehead atoms. The second-order valence-corrected chi connectivity index (χ2v) is 7.70. The minimum Gasteiger partial charge on any atom is -0.469 e. The van der Waals surface area contributed by atoms with Gasteiger partial charge in [-0.25, -0.2) is 4.79 Å². The van der Waals surface area contributed by atoms with Gasteiger partial charge in [-0.05, 0) is 52.5 Å². The molecule has 0 spiro atoms. The Balaban J connectivity index is 2.30. The maximum Gasteiger partial charge on any atom is 0.418 e. The molecule has 1 aromatic rings. The lowest BCUT2D eigenvalue weighted by atomic mass is 9.67. The highest BCUT2D eigenvalue weighted by Gasteiger charge is 2.43. The number of methoxy groups -OCH3 is 1. The number of ether oxygens (including phenoxy) is 2. The summed E-state index contributed by atoms with van der Waals surface area (Å²) in [5.74, 6) is -0.386. The van der Waals surface area contributed by atoms with Crippen LogP contribution in [0.5, 0.6) is 0 Å². The summed E-state index contributed by atoms with van der Waals surface area (Å²) in [6.07, 6.45) is 4.99. The van der Waals surface area contributed by atoms with Crippen LogP contribution in [0.25, 0.3) is 0 Å². The molecule has 0 aromatic carbocycles. The van der Waals surface area contributed by atoms with Gasteiger partial charge < -0.3 is 9.47 Å². The minimum absolute atomic E-state index is 0.0511. The highest BCUT2D eigenvalue weighted by atomic mass is 16.6. The van der Waals surface area contributed by atoms with Crippen molar-refractivity contribution in [1.29, 1.82) is 0 Å². The fourth-order valence-electron chi connectivity index (χ4n) is 3.42. The molecule has 1 atom stereocenters. The van der Waals surface area contributed by atoms with Gasteiger partial charge in [-0.15, -0.1) is 6.58 Å². The smallest absolute Gasteiger partial charge is 0.418 e. The minimum atomic E-state index is -0.678. The molecule has 0 amide bonds. The van der Waals surface area contributed by atoms with E-state index < -0.39 is 17.1 Å². The van der Waals surface area contributed by atoms with Gasteiger partial charge in [0.05, 0.1) is 7.11 Å². The third-order valence-corrected chi connectivity index (χ3v) is 4.72. The standard InChI is InChI=1S/C20H27NO5/c1-6-10-20(12-8-16(22)25-5)11-7-15-14(17(20)23)9-13-21(15)18(24)26-19(2,3)4/h6,9,13H,1,7-8,10-12H2,2-5H3. The first-order valence-corrected chi connectivity index (χ1v) is 8.79. The van der Waals surface area contributed by atoms with Crippen LogP contribution in [0.15, 0.2) is 24.9 Å². The lowest BCUT2D eigenvalue weighted by Gasteiger charge is -2.35. The number of aromatic nitrogens is 1. The number of rotatable bonds is 5. The predicted octanol–water partition coefficient (Wildman–Crippen LogP) is 3.92. The average molecular weight is 361 g/mol. The molecular formula is C20H27NO5.